The standard InChI is InChI=1S/C11H17NO2/c1-11(2,3)14-10(13)6-4-5-9-7-12-8-9/h9,12H,6-8H2,1-3H3. The molecule has 0 bridgehead atoms. The molecule has 0 radical (unpaired) electrons. The molecule has 0 saturated carbocycles. The molecule has 0 aromatic rings. The van der Waals surface area contributed by atoms with Gasteiger partial charge in [-0.05, 0) is 20.8 Å². The molecule has 0 aliphatic carbocycles. The predicted octanol–water partition coefficient (Wildman–Crippen LogP) is 0.941. The van der Waals surface area contributed by atoms with E-state index in [9.17, 15) is 4.79 Å². The van der Waals surface area contributed by atoms with Gasteiger partial charge in [0.15, 0.2) is 0 Å². The first-order valence-corrected chi connectivity index (χ1v) is 4.88. The van der Waals surface area contributed by atoms with Gasteiger partial charge in [-0.1, -0.05) is 11.8 Å². The van der Waals surface area contributed by atoms with Gasteiger partial charge in [0.2, 0.25) is 0 Å². The van der Waals surface area contributed by atoms with Gasteiger partial charge in [0.05, 0.1) is 0 Å². The summed E-state index contributed by atoms with van der Waals surface area (Å²) in [7, 11) is 0. The fraction of sp³-hybridized carbons (Fsp3) is 0.727. The Morgan fingerprint density at radius 3 is 2.57 bits per heavy atom. The Balaban J connectivity index is 2.22. The van der Waals surface area contributed by atoms with E-state index in [0.29, 0.717) is 5.92 Å². The van der Waals surface area contributed by atoms with Crippen LogP contribution in [0, 0.1) is 17.8 Å². The molecule has 0 unspecified atom stereocenters. The molecule has 1 rings (SSSR count). The van der Waals surface area contributed by atoms with Crippen LogP contribution in [0.5, 0.6) is 0 Å². The maximum atomic E-state index is 11.2. The van der Waals surface area contributed by atoms with Gasteiger partial charge >= 0.3 is 5.97 Å². The van der Waals surface area contributed by atoms with Crippen molar-refractivity contribution in [1.29, 1.82) is 0 Å². The molecule has 0 atom stereocenters. The van der Waals surface area contributed by atoms with E-state index in [2.05, 4.69) is 17.2 Å². The molecule has 14 heavy (non-hydrogen) atoms. The molecule has 1 heterocycles. The Morgan fingerprint density at radius 1 is 1.50 bits per heavy atom. The molecule has 0 aromatic heterocycles. The van der Waals surface area contributed by atoms with Crippen LogP contribution in [0.3, 0.4) is 0 Å². The van der Waals surface area contributed by atoms with Crippen molar-refractivity contribution in [3.8, 4) is 11.8 Å². The van der Waals surface area contributed by atoms with Gasteiger partial charge in [-0.15, -0.1) is 0 Å². The van der Waals surface area contributed by atoms with Crippen LogP contribution in [0.15, 0.2) is 0 Å². The van der Waals surface area contributed by atoms with E-state index in [1.807, 2.05) is 20.8 Å². The second-order valence-corrected chi connectivity index (χ2v) is 4.44. The largest absolute Gasteiger partial charge is 0.459 e. The first kappa shape index (κ1) is 11.1. The van der Waals surface area contributed by atoms with Crippen molar-refractivity contribution >= 4 is 5.97 Å². The van der Waals surface area contributed by atoms with Gasteiger partial charge in [0, 0.05) is 19.0 Å². The van der Waals surface area contributed by atoms with E-state index < -0.39 is 5.60 Å². The van der Waals surface area contributed by atoms with Gasteiger partial charge in [0.1, 0.15) is 12.0 Å². The van der Waals surface area contributed by atoms with E-state index in [-0.39, 0.29) is 12.4 Å². The SMILES string of the molecule is CC(C)(C)OC(=O)CC#CC1CNC1. The molecule has 1 saturated heterocycles. The van der Waals surface area contributed by atoms with Crippen molar-refractivity contribution in [3.63, 3.8) is 0 Å². The van der Waals surface area contributed by atoms with Crippen LogP contribution >= 0.6 is 0 Å². The molecule has 0 amide bonds. The second-order valence-electron chi connectivity index (χ2n) is 4.44. The highest BCUT2D eigenvalue weighted by Crippen LogP contribution is 2.07. The molecular formula is C11H17NO2. The van der Waals surface area contributed by atoms with Gasteiger partial charge < -0.3 is 10.1 Å². The zero-order chi connectivity index (χ0) is 10.6. The van der Waals surface area contributed by atoms with Gasteiger partial charge in [-0.25, -0.2) is 0 Å². The third-order valence-electron chi connectivity index (χ3n) is 1.74. The van der Waals surface area contributed by atoms with Crippen molar-refractivity contribution in [2.24, 2.45) is 5.92 Å². The van der Waals surface area contributed by atoms with Gasteiger partial charge in [-0.2, -0.15) is 0 Å². The smallest absolute Gasteiger partial charge is 0.318 e. The summed E-state index contributed by atoms with van der Waals surface area (Å²) in [5.41, 5.74) is -0.406. The molecule has 0 aromatic carbocycles. The lowest BCUT2D eigenvalue weighted by Crippen LogP contribution is -2.40. The number of hydrogen-bond donors (Lipinski definition) is 1. The van der Waals surface area contributed by atoms with Gasteiger partial charge in [0.25, 0.3) is 0 Å². The maximum Gasteiger partial charge on any atom is 0.318 e. The minimum absolute atomic E-state index is 0.202. The number of ether oxygens (including phenoxy) is 1. The summed E-state index contributed by atoms with van der Waals surface area (Å²) < 4.78 is 5.11. The Labute approximate surface area is 85.2 Å². The molecule has 1 aliphatic rings. The Kier molecular flexibility index (Phi) is 3.54. The topological polar surface area (TPSA) is 38.3 Å². The van der Waals surface area contributed by atoms with Crippen molar-refractivity contribution in [3.05, 3.63) is 0 Å². The molecule has 3 heteroatoms. The molecular weight excluding hydrogens is 178 g/mol. The van der Waals surface area contributed by atoms with Crippen LogP contribution in [0.1, 0.15) is 27.2 Å². The Morgan fingerprint density at radius 2 is 2.14 bits per heavy atom. The Bertz CT molecular complexity index is 263. The minimum atomic E-state index is -0.406. The Hall–Kier alpha value is -1.01. The van der Waals surface area contributed by atoms with Gasteiger partial charge in [-0.3, -0.25) is 4.79 Å². The zero-order valence-corrected chi connectivity index (χ0v) is 9.02. The van der Waals surface area contributed by atoms with Crippen molar-refractivity contribution in [1.82, 2.24) is 5.32 Å². The molecule has 1 aliphatic heterocycles. The summed E-state index contributed by atoms with van der Waals surface area (Å²) in [6, 6.07) is 0. The van der Waals surface area contributed by atoms with E-state index in [0.717, 1.165) is 13.1 Å². The summed E-state index contributed by atoms with van der Waals surface area (Å²) >= 11 is 0. The second kappa shape index (κ2) is 4.47. The first-order chi connectivity index (χ1) is 6.47. The predicted molar refractivity (Wildman–Crippen MR) is 54.6 cm³/mol. The number of hydrogen-bond acceptors (Lipinski definition) is 3. The number of carbonyl (C=O) groups excluding carboxylic acids is 1. The van der Waals surface area contributed by atoms with Crippen molar-refractivity contribution in [2.75, 3.05) is 13.1 Å². The molecule has 0 spiro atoms. The highest BCUT2D eigenvalue weighted by atomic mass is 16.6. The van der Waals surface area contributed by atoms with Crippen molar-refractivity contribution < 1.29 is 9.53 Å². The van der Waals surface area contributed by atoms with E-state index in [4.69, 9.17) is 4.74 Å². The number of carbonyl (C=O) groups is 1. The van der Waals surface area contributed by atoms with Crippen LogP contribution in [0.25, 0.3) is 0 Å². The maximum absolute atomic E-state index is 11.2. The highest BCUT2D eigenvalue weighted by molar-refractivity contribution is 5.72. The van der Waals surface area contributed by atoms with Crippen LogP contribution in [-0.4, -0.2) is 24.7 Å². The van der Waals surface area contributed by atoms with Crippen LogP contribution in [0.4, 0.5) is 0 Å². The van der Waals surface area contributed by atoms with Crippen LogP contribution < -0.4 is 5.32 Å². The fourth-order valence-electron chi connectivity index (χ4n) is 1.04. The van der Waals surface area contributed by atoms with E-state index in [1.165, 1.54) is 0 Å². The van der Waals surface area contributed by atoms with Crippen LogP contribution in [-0.2, 0) is 9.53 Å². The third-order valence-corrected chi connectivity index (χ3v) is 1.74. The molecule has 3 nitrogen and oxygen atoms in total. The summed E-state index contributed by atoms with van der Waals surface area (Å²) in [5.74, 6) is 6.06. The number of rotatable bonds is 1. The lowest BCUT2D eigenvalue weighted by atomic mass is 10.0. The summed E-state index contributed by atoms with van der Waals surface area (Å²) in [6.07, 6.45) is 0.202. The number of nitrogens with one attached hydrogen (secondary N) is 1. The zero-order valence-electron chi connectivity index (χ0n) is 9.02. The quantitative estimate of drug-likeness (QED) is 0.500. The molecule has 1 fully saturated rings. The average molecular weight is 195 g/mol. The first-order valence-electron chi connectivity index (χ1n) is 4.88. The molecule has 1 N–H and O–H groups in total. The summed E-state index contributed by atoms with van der Waals surface area (Å²) in [6.45, 7) is 7.46. The van der Waals surface area contributed by atoms with E-state index >= 15 is 0 Å². The third kappa shape index (κ3) is 4.29. The van der Waals surface area contributed by atoms with E-state index in [1.54, 1.807) is 0 Å². The lowest BCUT2D eigenvalue weighted by molar-refractivity contribution is -0.153. The number of esters is 1. The average Bonchev–Trinajstić information content (AvgIpc) is 1.90. The fourth-order valence-corrected chi connectivity index (χ4v) is 1.04. The summed E-state index contributed by atoms with van der Waals surface area (Å²) in [5, 5.41) is 3.12. The summed E-state index contributed by atoms with van der Waals surface area (Å²) in [4.78, 5) is 11.2. The normalized spacial score (nSPS) is 16.5. The lowest BCUT2D eigenvalue weighted by Gasteiger charge is -2.21. The highest BCUT2D eigenvalue weighted by Gasteiger charge is 2.15. The monoisotopic (exact) mass is 195 g/mol. The van der Waals surface area contributed by atoms with Crippen molar-refractivity contribution in [2.45, 2.75) is 32.8 Å². The molecule has 78 valence electrons. The van der Waals surface area contributed by atoms with Crippen LogP contribution in [0.2, 0.25) is 0 Å². The minimum Gasteiger partial charge on any atom is -0.459 e.